The first kappa shape index (κ1) is 20.7. The van der Waals surface area contributed by atoms with Crippen molar-refractivity contribution < 1.29 is 0 Å². The summed E-state index contributed by atoms with van der Waals surface area (Å²) in [5.41, 5.74) is 12.2. The van der Waals surface area contributed by atoms with Gasteiger partial charge in [-0.2, -0.15) is 0 Å². The molecule has 2 aliphatic carbocycles. The van der Waals surface area contributed by atoms with Crippen molar-refractivity contribution in [3.8, 4) is 22.4 Å². The molecule has 3 aromatic carbocycles. The van der Waals surface area contributed by atoms with Gasteiger partial charge in [0.2, 0.25) is 0 Å². The van der Waals surface area contributed by atoms with Gasteiger partial charge in [0, 0.05) is 16.6 Å². The number of aromatic nitrogens is 1. The van der Waals surface area contributed by atoms with Crippen LogP contribution in [-0.2, 0) is 12.8 Å². The van der Waals surface area contributed by atoms with Gasteiger partial charge in [-0.15, -0.1) is 0 Å². The summed E-state index contributed by atoms with van der Waals surface area (Å²) in [5.74, 6) is 1.30. The molecule has 4 aromatic rings. The van der Waals surface area contributed by atoms with E-state index in [9.17, 15) is 0 Å². The lowest BCUT2D eigenvalue weighted by molar-refractivity contribution is 0.636. The Morgan fingerprint density at radius 2 is 1.67 bits per heavy atom. The fourth-order valence-corrected chi connectivity index (χ4v) is 6.15. The summed E-state index contributed by atoms with van der Waals surface area (Å²) in [6.45, 7) is 6.81. The minimum Gasteiger partial charge on any atom is -0.252 e. The number of aryl methyl sites for hydroxylation is 1. The van der Waals surface area contributed by atoms with Crippen molar-refractivity contribution in [2.45, 2.75) is 65.2 Å². The van der Waals surface area contributed by atoms with E-state index in [1.54, 1.807) is 0 Å². The molecule has 0 atom stereocenters. The van der Waals surface area contributed by atoms with E-state index in [1.165, 1.54) is 86.8 Å². The van der Waals surface area contributed by atoms with Gasteiger partial charge >= 0.3 is 0 Å². The first-order chi connectivity index (χ1) is 16.1. The third-order valence-electron chi connectivity index (χ3n) is 7.68. The van der Waals surface area contributed by atoms with Gasteiger partial charge in [0.25, 0.3) is 0 Å². The molecule has 1 heterocycles. The second kappa shape index (κ2) is 8.13. The fraction of sp³-hybridized carbons (Fsp3) is 0.344. The maximum atomic E-state index is 5.36. The van der Waals surface area contributed by atoms with E-state index >= 15 is 0 Å². The van der Waals surface area contributed by atoms with Crippen LogP contribution in [0.5, 0.6) is 0 Å². The van der Waals surface area contributed by atoms with Crippen LogP contribution >= 0.6 is 0 Å². The second-order valence-corrected chi connectivity index (χ2v) is 10.7. The lowest BCUT2D eigenvalue weighted by atomic mass is 9.90. The topological polar surface area (TPSA) is 12.9 Å². The molecule has 1 nitrogen and oxygen atoms in total. The van der Waals surface area contributed by atoms with Crippen molar-refractivity contribution in [2.24, 2.45) is 5.92 Å². The largest absolute Gasteiger partial charge is 0.252 e. The van der Waals surface area contributed by atoms with Gasteiger partial charge in [-0.3, -0.25) is 4.98 Å². The molecule has 2 aliphatic rings. The lowest BCUT2D eigenvalue weighted by Gasteiger charge is -2.17. The van der Waals surface area contributed by atoms with Crippen LogP contribution < -0.4 is 0 Å². The molecular weight excluding hydrogens is 398 g/mol. The summed E-state index contributed by atoms with van der Waals surface area (Å²) >= 11 is 0. The van der Waals surface area contributed by atoms with E-state index in [2.05, 4.69) is 81.4 Å². The Labute approximate surface area is 197 Å². The Balaban J connectivity index is 1.59. The maximum Gasteiger partial charge on any atom is 0.0786 e. The van der Waals surface area contributed by atoms with E-state index in [1.807, 2.05) is 0 Å². The number of benzene rings is 3. The van der Waals surface area contributed by atoms with Crippen LogP contribution in [0.4, 0.5) is 0 Å². The van der Waals surface area contributed by atoms with Crippen molar-refractivity contribution in [3.05, 3.63) is 88.6 Å². The standard InChI is InChI=1S/C32H33N/c1-20(2)14-26-17-25-13-12-23(22-8-4-5-9-22)18-28(25)32(33-26)31-16-21(3)15-29-27-11-7-6-10-24(27)19-30(29)31/h6-7,10-13,15-18,20,22H,4-5,8-9,14,19H2,1-3H3. The molecule has 0 bridgehead atoms. The van der Waals surface area contributed by atoms with Crippen LogP contribution in [-0.4, -0.2) is 4.98 Å². The number of pyridine rings is 1. The summed E-state index contributed by atoms with van der Waals surface area (Å²) in [6.07, 6.45) is 7.40. The number of hydrogen-bond donors (Lipinski definition) is 0. The van der Waals surface area contributed by atoms with Crippen LogP contribution in [0.1, 0.15) is 73.4 Å². The highest BCUT2D eigenvalue weighted by molar-refractivity contribution is 5.98. The van der Waals surface area contributed by atoms with E-state index in [0.29, 0.717) is 11.8 Å². The van der Waals surface area contributed by atoms with E-state index in [-0.39, 0.29) is 0 Å². The van der Waals surface area contributed by atoms with Crippen molar-refractivity contribution in [1.29, 1.82) is 0 Å². The molecule has 0 unspecified atom stereocenters. The molecule has 0 saturated heterocycles. The summed E-state index contributed by atoms with van der Waals surface area (Å²) in [6, 6.07) is 23.2. The number of fused-ring (bicyclic) bond motifs is 4. The van der Waals surface area contributed by atoms with Crippen LogP contribution in [0, 0.1) is 12.8 Å². The van der Waals surface area contributed by atoms with E-state index < -0.39 is 0 Å². The predicted octanol–water partition coefficient (Wildman–Crippen LogP) is 8.64. The van der Waals surface area contributed by atoms with Crippen LogP contribution in [0.15, 0.2) is 60.7 Å². The molecular formula is C32H33N. The summed E-state index contributed by atoms with van der Waals surface area (Å²) < 4.78 is 0. The number of rotatable bonds is 4. The molecule has 1 saturated carbocycles. The average molecular weight is 432 g/mol. The van der Waals surface area contributed by atoms with Crippen LogP contribution in [0.25, 0.3) is 33.2 Å². The molecule has 1 heteroatoms. The van der Waals surface area contributed by atoms with E-state index in [4.69, 9.17) is 4.98 Å². The highest BCUT2D eigenvalue weighted by Gasteiger charge is 2.24. The first-order valence-electron chi connectivity index (χ1n) is 12.7. The quantitative estimate of drug-likeness (QED) is 0.277. The van der Waals surface area contributed by atoms with Crippen LogP contribution in [0.2, 0.25) is 0 Å². The van der Waals surface area contributed by atoms with E-state index in [0.717, 1.165) is 12.8 Å². The minimum atomic E-state index is 0.591. The average Bonchev–Trinajstić information content (AvgIpc) is 3.46. The first-order valence-corrected chi connectivity index (χ1v) is 12.7. The van der Waals surface area contributed by atoms with Crippen LogP contribution in [0.3, 0.4) is 0 Å². The Bertz CT molecular complexity index is 1350. The SMILES string of the molecule is Cc1cc2c(c(-c3nc(CC(C)C)cc4ccc(C5CCCC5)cc34)c1)Cc1ccccc1-2. The van der Waals surface area contributed by atoms with Crippen molar-refractivity contribution in [2.75, 3.05) is 0 Å². The highest BCUT2D eigenvalue weighted by atomic mass is 14.7. The Morgan fingerprint density at radius 1 is 0.879 bits per heavy atom. The van der Waals surface area contributed by atoms with Gasteiger partial charge in [-0.1, -0.05) is 69.2 Å². The lowest BCUT2D eigenvalue weighted by Crippen LogP contribution is -2.02. The number of nitrogens with zero attached hydrogens (tertiary/aromatic N) is 1. The smallest absolute Gasteiger partial charge is 0.0786 e. The van der Waals surface area contributed by atoms with Gasteiger partial charge in [0.05, 0.1) is 5.69 Å². The summed E-state index contributed by atoms with van der Waals surface area (Å²) in [7, 11) is 0. The zero-order valence-electron chi connectivity index (χ0n) is 20.1. The summed E-state index contributed by atoms with van der Waals surface area (Å²) in [4.78, 5) is 5.36. The third-order valence-corrected chi connectivity index (χ3v) is 7.68. The molecule has 0 amide bonds. The van der Waals surface area contributed by atoms with Crippen molar-refractivity contribution in [3.63, 3.8) is 0 Å². The van der Waals surface area contributed by atoms with Gasteiger partial charge in [-0.05, 0) is 101 Å². The number of hydrogen-bond acceptors (Lipinski definition) is 1. The molecule has 33 heavy (non-hydrogen) atoms. The normalized spacial score (nSPS) is 15.4. The predicted molar refractivity (Wildman–Crippen MR) is 140 cm³/mol. The molecule has 0 N–H and O–H groups in total. The molecule has 166 valence electrons. The minimum absolute atomic E-state index is 0.591. The highest BCUT2D eigenvalue weighted by Crippen LogP contribution is 2.44. The molecule has 0 aliphatic heterocycles. The van der Waals surface area contributed by atoms with Crippen molar-refractivity contribution >= 4 is 10.8 Å². The zero-order valence-corrected chi connectivity index (χ0v) is 20.1. The monoisotopic (exact) mass is 431 g/mol. The summed E-state index contributed by atoms with van der Waals surface area (Å²) in [5, 5.41) is 2.67. The van der Waals surface area contributed by atoms with Gasteiger partial charge in [0.1, 0.15) is 0 Å². The fourth-order valence-electron chi connectivity index (χ4n) is 6.15. The Morgan fingerprint density at radius 3 is 2.48 bits per heavy atom. The zero-order chi connectivity index (χ0) is 22.5. The molecule has 0 spiro atoms. The van der Waals surface area contributed by atoms with Crippen molar-refractivity contribution in [1.82, 2.24) is 4.98 Å². The molecule has 0 radical (unpaired) electrons. The molecule has 1 fully saturated rings. The third kappa shape index (κ3) is 3.68. The van der Waals surface area contributed by atoms with Gasteiger partial charge in [-0.25, -0.2) is 0 Å². The van der Waals surface area contributed by atoms with Gasteiger partial charge < -0.3 is 0 Å². The van der Waals surface area contributed by atoms with Gasteiger partial charge in [0.15, 0.2) is 0 Å². The maximum absolute atomic E-state index is 5.36. The Hall–Kier alpha value is -2.93. The molecule has 6 rings (SSSR count). The molecule has 1 aromatic heterocycles. The Kier molecular flexibility index (Phi) is 5.09. The second-order valence-electron chi connectivity index (χ2n) is 10.7.